The molecular weight excluding hydrogens is 400 g/mol. The summed E-state index contributed by atoms with van der Waals surface area (Å²) in [4.78, 5) is 16.2. The van der Waals surface area contributed by atoms with Gasteiger partial charge >= 0.3 is 0 Å². The van der Waals surface area contributed by atoms with Gasteiger partial charge in [0.1, 0.15) is 0 Å². The molecule has 144 valence electrons. The van der Waals surface area contributed by atoms with Crippen molar-refractivity contribution in [1.82, 2.24) is 16.0 Å². The van der Waals surface area contributed by atoms with Gasteiger partial charge in [-0.15, -0.1) is 0 Å². The van der Waals surface area contributed by atoms with E-state index in [-0.39, 0.29) is 11.8 Å². The first-order valence-electron chi connectivity index (χ1n) is 8.79. The summed E-state index contributed by atoms with van der Waals surface area (Å²) in [7, 11) is 3.22. The third kappa shape index (κ3) is 6.09. The Morgan fingerprint density at radius 2 is 1.92 bits per heavy atom. The molecule has 7 nitrogen and oxygen atoms in total. The lowest BCUT2D eigenvalue weighted by atomic mass is 10.2. The second-order valence-electron chi connectivity index (χ2n) is 6.00. The lowest BCUT2D eigenvalue weighted by Crippen LogP contribution is -2.41. The van der Waals surface area contributed by atoms with Crippen LogP contribution < -0.4 is 25.4 Å². The van der Waals surface area contributed by atoms with Crippen molar-refractivity contribution in [3.05, 3.63) is 22.2 Å². The van der Waals surface area contributed by atoms with Crippen LogP contribution >= 0.6 is 15.9 Å². The van der Waals surface area contributed by atoms with Gasteiger partial charge in [-0.3, -0.25) is 4.79 Å². The predicted molar refractivity (Wildman–Crippen MR) is 106 cm³/mol. The minimum absolute atomic E-state index is 0.156. The van der Waals surface area contributed by atoms with E-state index in [1.807, 2.05) is 19.1 Å². The van der Waals surface area contributed by atoms with Crippen LogP contribution in [0.25, 0.3) is 0 Å². The first kappa shape index (κ1) is 20.4. The summed E-state index contributed by atoms with van der Waals surface area (Å²) in [5.41, 5.74) is 0.994. The Hall–Kier alpha value is -1.96. The molecule has 1 aliphatic carbocycles. The molecule has 1 fully saturated rings. The van der Waals surface area contributed by atoms with Gasteiger partial charge in [-0.2, -0.15) is 0 Å². The van der Waals surface area contributed by atoms with Crippen LogP contribution in [0, 0.1) is 5.92 Å². The largest absolute Gasteiger partial charge is 0.493 e. The van der Waals surface area contributed by atoms with E-state index in [1.54, 1.807) is 14.2 Å². The maximum atomic E-state index is 11.6. The van der Waals surface area contributed by atoms with Gasteiger partial charge in [-0.1, -0.05) is 0 Å². The van der Waals surface area contributed by atoms with Crippen LogP contribution in [0.15, 0.2) is 21.6 Å². The minimum Gasteiger partial charge on any atom is -0.493 e. The van der Waals surface area contributed by atoms with Gasteiger partial charge in [0, 0.05) is 25.6 Å². The zero-order valence-electron chi connectivity index (χ0n) is 15.5. The lowest BCUT2D eigenvalue weighted by molar-refractivity contribution is -0.122. The smallest absolute Gasteiger partial charge is 0.223 e. The fourth-order valence-corrected chi connectivity index (χ4v) is 3.08. The van der Waals surface area contributed by atoms with Crippen LogP contribution in [-0.2, 0) is 11.3 Å². The van der Waals surface area contributed by atoms with Crippen LogP contribution in [0.2, 0.25) is 0 Å². The first-order chi connectivity index (χ1) is 12.6. The van der Waals surface area contributed by atoms with E-state index >= 15 is 0 Å². The topological polar surface area (TPSA) is 84.0 Å². The van der Waals surface area contributed by atoms with Crippen molar-refractivity contribution in [3.63, 3.8) is 0 Å². The number of hydrogen-bond acceptors (Lipinski definition) is 4. The number of rotatable bonds is 9. The van der Waals surface area contributed by atoms with Crippen molar-refractivity contribution >= 4 is 27.8 Å². The molecular formula is C18H27BrN4O3. The molecule has 26 heavy (non-hydrogen) atoms. The highest BCUT2D eigenvalue weighted by atomic mass is 79.9. The second-order valence-corrected chi connectivity index (χ2v) is 6.85. The summed E-state index contributed by atoms with van der Waals surface area (Å²) in [5.74, 6) is 2.42. The number of aliphatic imine (C=N–C) groups is 1. The Balaban J connectivity index is 1.90. The molecule has 0 aliphatic heterocycles. The molecule has 1 aromatic rings. The van der Waals surface area contributed by atoms with Crippen molar-refractivity contribution < 1.29 is 14.3 Å². The highest BCUT2D eigenvalue weighted by molar-refractivity contribution is 9.10. The zero-order chi connectivity index (χ0) is 18.9. The summed E-state index contributed by atoms with van der Waals surface area (Å²) < 4.78 is 11.5. The molecule has 1 amide bonds. The fraction of sp³-hybridized carbons (Fsp3) is 0.556. The number of guanidine groups is 1. The number of methoxy groups -OCH3 is 2. The molecule has 1 aliphatic rings. The minimum atomic E-state index is 0.156. The van der Waals surface area contributed by atoms with E-state index in [4.69, 9.17) is 9.47 Å². The molecule has 0 spiro atoms. The molecule has 0 atom stereocenters. The van der Waals surface area contributed by atoms with Gasteiger partial charge in [0.2, 0.25) is 5.91 Å². The molecule has 0 bridgehead atoms. The molecule has 1 aromatic carbocycles. The number of carbonyl (C=O) groups is 1. The number of nitrogens with one attached hydrogen (secondary N) is 3. The molecule has 3 N–H and O–H groups in total. The van der Waals surface area contributed by atoms with Gasteiger partial charge in [0.05, 0.1) is 25.2 Å². The maximum Gasteiger partial charge on any atom is 0.223 e. The van der Waals surface area contributed by atoms with Crippen LogP contribution in [0.5, 0.6) is 11.5 Å². The number of ether oxygens (including phenoxy) is 2. The standard InChI is InChI=1S/C18H27BrN4O3/c1-4-20-18(22-8-7-21-17(24)13-5-6-13)23-11-12-9-14(19)16(26-3)15(10-12)25-2/h9-10,13H,4-8,11H2,1-3H3,(H,21,24)(H2,20,22,23). The van der Waals surface area contributed by atoms with E-state index in [9.17, 15) is 4.79 Å². The molecule has 1 saturated carbocycles. The third-order valence-corrected chi connectivity index (χ3v) is 4.51. The highest BCUT2D eigenvalue weighted by Gasteiger charge is 2.28. The number of amides is 1. The average Bonchev–Trinajstić information content (AvgIpc) is 3.47. The normalized spacial score (nSPS) is 13.9. The molecule has 0 unspecified atom stereocenters. The molecule has 0 aromatic heterocycles. The van der Waals surface area contributed by atoms with Crippen molar-refractivity contribution in [3.8, 4) is 11.5 Å². The highest BCUT2D eigenvalue weighted by Crippen LogP contribution is 2.36. The van der Waals surface area contributed by atoms with Crippen LogP contribution in [-0.4, -0.2) is 45.7 Å². The number of carbonyl (C=O) groups excluding carboxylic acids is 1. The predicted octanol–water partition coefficient (Wildman–Crippen LogP) is 2.05. The van der Waals surface area contributed by atoms with E-state index < -0.39 is 0 Å². The molecule has 0 radical (unpaired) electrons. The number of halogens is 1. The van der Waals surface area contributed by atoms with Crippen LogP contribution in [0.3, 0.4) is 0 Å². The molecule has 0 heterocycles. The van der Waals surface area contributed by atoms with Crippen molar-refractivity contribution in [2.45, 2.75) is 26.3 Å². The Morgan fingerprint density at radius 1 is 1.19 bits per heavy atom. The summed E-state index contributed by atoms with van der Waals surface area (Å²) in [6.45, 7) is 4.47. The third-order valence-electron chi connectivity index (χ3n) is 3.92. The van der Waals surface area contributed by atoms with Gasteiger partial charge in [0.15, 0.2) is 17.5 Å². The SMILES string of the molecule is CCNC(=NCc1cc(Br)c(OC)c(OC)c1)NCCNC(=O)C1CC1. The monoisotopic (exact) mass is 426 g/mol. The van der Waals surface area contributed by atoms with Crippen LogP contribution in [0.1, 0.15) is 25.3 Å². The van der Waals surface area contributed by atoms with Gasteiger partial charge in [0.25, 0.3) is 0 Å². The summed E-state index contributed by atoms with van der Waals surface area (Å²) in [5, 5.41) is 9.36. The Kier molecular flexibility index (Phi) is 8.03. The Morgan fingerprint density at radius 3 is 2.54 bits per heavy atom. The molecule has 0 saturated heterocycles. The van der Waals surface area contributed by atoms with E-state index in [1.165, 1.54) is 0 Å². The van der Waals surface area contributed by atoms with E-state index in [2.05, 4.69) is 36.9 Å². The van der Waals surface area contributed by atoms with Crippen molar-refractivity contribution in [2.24, 2.45) is 10.9 Å². The number of benzene rings is 1. The summed E-state index contributed by atoms with van der Waals surface area (Å²) in [6, 6.07) is 3.87. The second kappa shape index (κ2) is 10.3. The quantitative estimate of drug-likeness (QED) is 0.319. The first-order valence-corrected chi connectivity index (χ1v) is 9.58. The van der Waals surface area contributed by atoms with E-state index in [0.29, 0.717) is 37.1 Å². The lowest BCUT2D eigenvalue weighted by Gasteiger charge is -2.13. The molecule has 2 rings (SSSR count). The van der Waals surface area contributed by atoms with Gasteiger partial charge in [-0.05, 0) is 53.4 Å². The molecule has 8 heteroatoms. The Bertz CT molecular complexity index is 648. The van der Waals surface area contributed by atoms with Gasteiger partial charge in [-0.25, -0.2) is 4.99 Å². The number of hydrogen-bond donors (Lipinski definition) is 3. The fourth-order valence-electron chi connectivity index (χ4n) is 2.43. The van der Waals surface area contributed by atoms with E-state index in [0.717, 1.165) is 29.4 Å². The number of nitrogens with zero attached hydrogens (tertiary/aromatic N) is 1. The Labute approximate surface area is 163 Å². The van der Waals surface area contributed by atoms with Crippen molar-refractivity contribution in [1.29, 1.82) is 0 Å². The summed E-state index contributed by atoms with van der Waals surface area (Å²) >= 11 is 3.49. The summed E-state index contributed by atoms with van der Waals surface area (Å²) in [6.07, 6.45) is 2.04. The maximum absolute atomic E-state index is 11.6. The zero-order valence-corrected chi connectivity index (χ0v) is 17.1. The van der Waals surface area contributed by atoms with Gasteiger partial charge < -0.3 is 25.4 Å². The average molecular weight is 427 g/mol. The van der Waals surface area contributed by atoms with Crippen molar-refractivity contribution in [2.75, 3.05) is 33.9 Å². The van der Waals surface area contributed by atoms with Crippen LogP contribution in [0.4, 0.5) is 0 Å².